The molecule has 0 amide bonds. The highest BCUT2D eigenvalue weighted by Gasteiger charge is 2.32. The van der Waals surface area contributed by atoms with Crippen LogP contribution in [0.15, 0.2) is 60.7 Å². The van der Waals surface area contributed by atoms with E-state index in [0.29, 0.717) is 13.2 Å². The Labute approximate surface area is 197 Å². The van der Waals surface area contributed by atoms with E-state index in [0.717, 1.165) is 49.4 Å². The third-order valence-corrected chi connectivity index (χ3v) is 6.85. The third kappa shape index (κ3) is 4.73. The van der Waals surface area contributed by atoms with Gasteiger partial charge in [0.25, 0.3) is 0 Å². The Hall–Kier alpha value is -2.94. The molecule has 2 aliphatic heterocycles. The highest BCUT2D eigenvalue weighted by molar-refractivity contribution is 5.54. The molecule has 0 aromatic heterocycles. The summed E-state index contributed by atoms with van der Waals surface area (Å²) in [6, 6.07) is 21.5. The van der Waals surface area contributed by atoms with E-state index in [-0.39, 0.29) is 11.5 Å². The molecular formula is C30H34O3. The molecule has 0 saturated heterocycles. The van der Waals surface area contributed by atoms with E-state index >= 15 is 0 Å². The SMILES string of the molecule is CCCc1ccc([C@@H]2COc3c(ccc4c3CCC(C)(C)O4)C2)c(OCc2ccccc2)c1. The quantitative estimate of drug-likeness (QED) is 0.410. The minimum Gasteiger partial charge on any atom is -0.492 e. The topological polar surface area (TPSA) is 27.7 Å². The first-order valence-corrected chi connectivity index (χ1v) is 12.3. The number of benzene rings is 3. The Morgan fingerprint density at radius 3 is 2.67 bits per heavy atom. The van der Waals surface area contributed by atoms with Crippen molar-refractivity contribution in [3.8, 4) is 17.2 Å². The summed E-state index contributed by atoms with van der Waals surface area (Å²) in [6.07, 6.45) is 5.17. The Bertz CT molecular complexity index is 1120. The lowest BCUT2D eigenvalue weighted by Crippen LogP contribution is -2.33. The first kappa shape index (κ1) is 21.9. The van der Waals surface area contributed by atoms with Gasteiger partial charge in [0, 0.05) is 17.0 Å². The Morgan fingerprint density at radius 2 is 1.85 bits per heavy atom. The average molecular weight is 443 g/mol. The Balaban J connectivity index is 1.40. The summed E-state index contributed by atoms with van der Waals surface area (Å²) in [6.45, 7) is 7.78. The standard InChI is InChI=1S/C30H34O3/c1-4-8-21-11-13-25(28(17-21)31-19-22-9-6-5-7-10-22)24-18-23-12-14-27-26(29(23)32-20-24)15-16-30(2,3)33-27/h5-7,9-14,17,24H,4,8,15-16,18-20H2,1-3H3/t24-/m0/s1. The van der Waals surface area contributed by atoms with Gasteiger partial charge in [-0.25, -0.2) is 0 Å². The van der Waals surface area contributed by atoms with Crippen LogP contribution in [0, 0.1) is 0 Å². The number of hydrogen-bond acceptors (Lipinski definition) is 3. The maximum Gasteiger partial charge on any atom is 0.129 e. The molecule has 3 nitrogen and oxygen atoms in total. The highest BCUT2D eigenvalue weighted by atomic mass is 16.5. The van der Waals surface area contributed by atoms with E-state index in [1.165, 1.54) is 27.8 Å². The van der Waals surface area contributed by atoms with Crippen molar-refractivity contribution in [3.05, 3.63) is 88.5 Å². The van der Waals surface area contributed by atoms with Crippen molar-refractivity contribution in [1.29, 1.82) is 0 Å². The second kappa shape index (κ2) is 9.13. The van der Waals surface area contributed by atoms with Crippen LogP contribution in [0.5, 0.6) is 17.2 Å². The van der Waals surface area contributed by atoms with Crippen molar-refractivity contribution in [3.63, 3.8) is 0 Å². The minimum absolute atomic E-state index is 0.107. The zero-order chi connectivity index (χ0) is 22.8. The minimum atomic E-state index is -0.107. The first-order valence-electron chi connectivity index (χ1n) is 12.3. The molecule has 0 spiro atoms. The lowest BCUT2D eigenvalue weighted by molar-refractivity contribution is 0.0826. The normalized spacial score (nSPS) is 18.5. The van der Waals surface area contributed by atoms with Gasteiger partial charge < -0.3 is 14.2 Å². The van der Waals surface area contributed by atoms with Gasteiger partial charge in [0.2, 0.25) is 0 Å². The molecule has 0 unspecified atom stereocenters. The van der Waals surface area contributed by atoms with Crippen molar-refractivity contribution in [2.75, 3.05) is 6.61 Å². The Morgan fingerprint density at radius 1 is 1.00 bits per heavy atom. The first-order chi connectivity index (χ1) is 16.0. The molecule has 3 heteroatoms. The fraction of sp³-hybridized carbons (Fsp3) is 0.400. The van der Waals surface area contributed by atoms with Gasteiger partial charge in [0.1, 0.15) is 29.5 Å². The summed E-state index contributed by atoms with van der Waals surface area (Å²) in [4.78, 5) is 0. The predicted molar refractivity (Wildman–Crippen MR) is 133 cm³/mol. The van der Waals surface area contributed by atoms with Crippen molar-refractivity contribution >= 4 is 0 Å². The van der Waals surface area contributed by atoms with Gasteiger partial charge in [-0.1, -0.05) is 61.9 Å². The van der Waals surface area contributed by atoms with Crippen LogP contribution in [0.25, 0.3) is 0 Å². The summed E-state index contributed by atoms with van der Waals surface area (Å²) in [5.41, 5.74) is 6.17. The largest absolute Gasteiger partial charge is 0.492 e. The molecule has 0 fully saturated rings. The molecule has 172 valence electrons. The monoisotopic (exact) mass is 442 g/mol. The number of ether oxygens (including phenoxy) is 3. The summed E-state index contributed by atoms with van der Waals surface area (Å²) in [7, 11) is 0. The van der Waals surface area contributed by atoms with Crippen LogP contribution < -0.4 is 14.2 Å². The van der Waals surface area contributed by atoms with E-state index in [1.807, 2.05) is 6.07 Å². The molecule has 0 N–H and O–H groups in total. The van der Waals surface area contributed by atoms with Crippen LogP contribution in [0.4, 0.5) is 0 Å². The van der Waals surface area contributed by atoms with E-state index in [4.69, 9.17) is 14.2 Å². The van der Waals surface area contributed by atoms with Gasteiger partial charge in [0.05, 0.1) is 6.61 Å². The van der Waals surface area contributed by atoms with Crippen LogP contribution in [-0.2, 0) is 25.9 Å². The van der Waals surface area contributed by atoms with E-state index in [9.17, 15) is 0 Å². The van der Waals surface area contributed by atoms with Gasteiger partial charge >= 0.3 is 0 Å². The molecular weight excluding hydrogens is 408 g/mol. The third-order valence-electron chi connectivity index (χ3n) is 6.85. The predicted octanol–water partition coefficient (Wildman–Crippen LogP) is 7.04. The van der Waals surface area contributed by atoms with Gasteiger partial charge in [0.15, 0.2) is 0 Å². The fourth-order valence-electron chi connectivity index (χ4n) is 5.03. The van der Waals surface area contributed by atoms with Crippen molar-refractivity contribution in [2.24, 2.45) is 0 Å². The average Bonchev–Trinajstić information content (AvgIpc) is 2.82. The zero-order valence-electron chi connectivity index (χ0n) is 20.0. The molecule has 0 radical (unpaired) electrons. The lowest BCUT2D eigenvalue weighted by atomic mass is 9.86. The molecule has 1 atom stereocenters. The zero-order valence-corrected chi connectivity index (χ0v) is 20.0. The van der Waals surface area contributed by atoms with Crippen molar-refractivity contribution in [2.45, 2.75) is 71.0 Å². The van der Waals surface area contributed by atoms with Gasteiger partial charge in [-0.15, -0.1) is 0 Å². The van der Waals surface area contributed by atoms with Crippen LogP contribution in [0.3, 0.4) is 0 Å². The van der Waals surface area contributed by atoms with Gasteiger partial charge in [-0.05, 0) is 68.4 Å². The summed E-state index contributed by atoms with van der Waals surface area (Å²) >= 11 is 0. The van der Waals surface area contributed by atoms with E-state index < -0.39 is 0 Å². The summed E-state index contributed by atoms with van der Waals surface area (Å²) in [5.74, 6) is 3.30. The maximum absolute atomic E-state index is 6.42. The smallest absolute Gasteiger partial charge is 0.129 e. The molecule has 33 heavy (non-hydrogen) atoms. The number of rotatable bonds is 6. The van der Waals surface area contributed by atoms with Crippen LogP contribution >= 0.6 is 0 Å². The molecule has 2 aliphatic rings. The molecule has 0 aliphatic carbocycles. The molecule has 3 aromatic rings. The van der Waals surface area contributed by atoms with Gasteiger partial charge in [-0.2, -0.15) is 0 Å². The number of hydrogen-bond donors (Lipinski definition) is 0. The number of aryl methyl sites for hydroxylation is 1. The number of fused-ring (bicyclic) bond motifs is 3. The van der Waals surface area contributed by atoms with Crippen molar-refractivity contribution < 1.29 is 14.2 Å². The maximum atomic E-state index is 6.42. The van der Waals surface area contributed by atoms with Crippen LogP contribution in [0.1, 0.15) is 67.3 Å². The lowest BCUT2D eigenvalue weighted by Gasteiger charge is -2.36. The van der Waals surface area contributed by atoms with E-state index in [2.05, 4.69) is 75.4 Å². The molecule has 3 aromatic carbocycles. The highest BCUT2D eigenvalue weighted by Crippen LogP contribution is 2.45. The second-order valence-corrected chi connectivity index (χ2v) is 10.0. The van der Waals surface area contributed by atoms with E-state index in [1.54, 1.807) is 0 Å². The molecule has 5 rings (SSSR count). The fourth-order valence-corrected chi connectivity index (χ4v) is 5.03. The summed E-state index contributed by atoms with van der Waals surface area (Å²) < 4.78 is 19.0. The summed E-state index contributed by atoms with van der Waals surface area (Å²) in [5, 5.41) is 0. The molecule has 0 bridgehead atoms. The molecule has 2 heterocycles. The Kier molecular flexibility index (Phi) is 6.05. The van der Waals surface area contributed by atoms with Crippen molar-refractivity contribution in [1.82, 2.24) is 0 Å². The molecule has 0 saturated carbocycles. The second-order valence-electron chi connectivity index (χ2n) is 10.0. The van der Waals surface area contributed by atoms with Crippen LogP contribution in [-0.4, -0.2) is 12.2 Å². The van der Waals surface area contributed by atoms with Gasteiger partial charge in [-0.3, -0.25) is 0 Å². The van der Waals surface area contributed by atoms with Crippen LogP contribution in [0.2, 0.25) is 0 Å².